The number of aromatic nitrogens is 3. The van der Waals surface area contributed by atoms with Crippen LogP contribution in [0.15, 0.2) is 91.5 Å². The third-order valence-corrected chi connectivity index (χ3v) is 9.26. The summed E-state index contributed by atoms with van der Waals surface area (Å²) in [6.45, 7) is 5.50. The molecule has 2 aromatic carbocycles. The molecule has 7 N–H and O–H groups in total. The van der Waals surface area contributed by atoms with Crippen molar-refractivity contribution < 1.29 is 38.4 Å². The molecule has 0 spiro atoms. The number of benzene rings is 2. The molecule has 5 aromatic heterocycles. The smallest absolute Gasteiger partial charge is 0.305 e. The number of nitrogens with zero attached hydrogens (tertiary/aromatic N) is 2. The van der Waals surface area contributed by atoms with E-state index in [1.54, 1.807) is 6.92 Å². The van der Waals surface area contributed by atoms with Crippen LogP contribution >= 0.6 is 24.2 Å². The summed E-state index contributed by atoms with van der Waals surface area (Å²) in [5.74, 6) is 2.35. The first-order valence-electron chi connectivity index (χ1n) is 17.3. The van der Waals surface area contributed by atoms with Crippen LogP contribution in [0, 0.1) is 0 Å². The van der Waals surface area contributed by atoms with Crippen LogP contribution in [0.4, 0.5) is 5.82 Å². The standard InChI is InChI=1S/C19H19N3O3S.C19H21N3O3S.H2O2/c1-2-24-15(23)9-6-10-20-19-16-18(26-22-19)17-13(21-16)11-14(25-17)12-7-4-3-5-8-12;1-2-24-15(23)9-6-10-21-19(20)16-18(26)17-13(22-16)11-14(25-17)12-7-4-3-5-8-12;1-2/h3-5,7-8,11,21H,2,6,9-10H2,1H3,(H,20,22);3-5,7-8,11,22,26H,2,6,9-10H2,1H3,(H2,20,21);1-2H. The number of nitrogens with one attached hydrogen (secondary N) is 3. The van der Waals surface area contributed by atoms with Crippen LogP contribution in [0.5, 0.6) is 0 Å². The number of nitrogens with two attached hydrogens (primary N) is 1. The van der Waals surface area contributed by atoms with Gasteiger partial charge in [0.1, 0.15) is 27.6 Å². The molecule has 0 radical (unpaired) electrons. The maximum absolute atomic E-state index is 11.4. The monoisotopic (exact) mass is 774 g/mol. The Hall–Kier alpha value is -5.55. The van der Waals surface area contributed by atoms with Crippen molar-refractivity contribution in [1.82, 2.24) is 14.3 Å². The van der Waals surface area contributed by atoms with E-state index in [9.17, 15) is 9.59 Å². The zero-order valence-corrected chi connectivity index (χ0v) is 31.5. The minimum atomic E-state index is -0.220. The van der Waals surface area contributed by atoms with E-state index >= 15 is 0 Å². The van der Waals surface area contributed by atoms with Crippen molar-refractivity contribution in [3.05, 3.63) is 78.5 Å². The number of amidine groups is 1. The number of hydrogen-bond donors (Lipinski definition) is 7. The summed E-state index contributed by atoms with van der Waals surface area (Å²) in [6, 6.07) is 23.8. The summed E-state index contributed by atoms with van der Waals surface area (Å²) >= 11 is 5.93. The highest BCUT2D eigenvalue weighted by molar-refractivity contribution is 7.80. The molecular formula is C38H42N6O8S2. The van der Waals surface area contributed by atoms with Crippen molar-refractivity contribution in [2.45, 2.75) is 44.4 Å². The lowest BCUT2D eigenvalue weighted by atomic mass is 10.2. The molecule has 0 aliphatic carbocycles. The zero-order chi connectivity index (χ0) is 38.5. The number of aromatic amines is 2. The fourth-order valence-corrected chi connectivity index (χ4v) is 6.67. The van der Waals surface area contributed by atoms with E-state index in [0.717, 1.165) is 55.3 Å². The van der Waals surface area contributed by atoms with E-state index in [-0.39, 0.29) is 11.9 Å². The van der Waals surface area contributed by atoms with Gasteiger partial charge < -0.3 is 39.3 Å². The Morgan fingerprint density at radius 3 is 2.00 bits per heavy atom. The fraction of sp³-hybridized carbons (Fsp3) is 0.263. The first-order chi connectivity index (χ1) is 26.4. The van der Waals surface area contributed by atoms with Crippen molar-refractivity contribution in [3.8, 4) is 22.6 Å². The lowest BCUT2D eigenvalue weighted by Crippen LogP contribution is -2.15. The van der Waals surface area contributed by atoms with Crippen molar-refractivity contribution in [1.29, 1.82) is 0 Å². The van der Waals surface area contributed by atoms with Gasteiger partial charge in [0.25, 0.3) is 0 Å². The lowest BCUT2D eigenvalue weighted by Gasteiger charge is -2.03. The zero-order valence-electron chi connectivity index (χ0n) is 29.8. The van der Waals surface area contributed by atoms with E-state index in [1.165, 1.54) is 11.5 Å². The Morgan fingerprint density at radius 2 is 1.43 bits per heavy atom. The highest BCUT2D eigenvalue weighted by atomic mass is 32.1. The van der Waals surface area contributed by atoms with Crippen LogP contribution in [0.1, 0.15) is 45.2 Å². The van der Waals surface area contributed by atoms with Crippen LogP contribution < -0.4 is 11.1 Å². The Bertz CT molecular complexity index is 2290. The normalized spacial score (nSPS) is 11.2. The van der Waals surface area contributed by atoms with E-state index in [4.69, 9.17) is 34.6 Å². The number of aliphatic imine (C=N–C) groups is 1. The number of furan rings is 2. The summed E-state index contributed by atoms with van der Waals surface area (Å²) in [5.41, 5.74) is 12.9. The Balaban J connectivity index is 0.000000199. The van der Waals surface area contributed by atoms with Gasteiger partial charge >= 0.3 is 11.9 Å². The van der Waals surface area contributed by atoms with Crippen LogP contribution in [-0.4, -0.2) is 68.9 Å². The van der Waals surface area contributed by atoms with Crippen LogP contribution in [0.2, 0.25) is 0 Å². The summed E-state index contributed by atoms with van der Waals surface area (Å²) in [7, 11) is 0. The molecule has 16 heteroatoms. The number of esters is 2. The molecule has 0 unspecified atom stereocenters. The second kappa shape index (κ2) is 19.5. The van der Waals surface area contributed by atoms with Gasteiger partial charge in [-0.25, -0.2) is 0 Å². The van der Waals surface area contributed by atoms with Gasteiger partial charge in [-0.1, -0.05) is 60.7 Å². The lowest BCUT2D eigenvalue weighted by molar-refractivity contribution is -0.176. The summed E-state index contributed by atoms with van der Waals surface area (Å²) in [6.07, 6.45) is 2.01. The maximum atomic E-state index is 11.4. The third-order valence-electron chi connectivity index (χ3n) is 7.99. The molecule has 284 valence electrons. The number of carbonyl (C=O) groups is 2. The topological polar surface area (TPSA) is 214 Å². The summed E-state index contributed by atoms with van der Waals surface area (Å²) in [4.78, 5) is 34.2. The number of thiol groups is 1. The fourth-order valence-electron chi connectivity index (χ4n) is 5.52. The molecule has 0 bridgehead atoms. The highest BCUT2D eigenvalue weighted by Crippen LogP contribution is 2.38. The van der Waals surface area contributed by atoms with Gasteiger partial charge in [0.05, 0.1) is 34.8 Å². The van der Waals surface area contributed by atoms with Crippen LogP contribution in [0.25, 0.3) is 55.1 Å². The van der Waals surface area contributed by atoms with E-state index in [2.05, 4.69) is 37.3 Å². The van der Waals surface area contributed by atoms with Crippen molar-refractivity contribution in [2.75, 3.05) is 31.6 Å². The predicted molar refractivity (Wildman–Crippen MR) is 214 cm³/mol. The number of carbonyl (C=O) groups excluding carboxylic acids is 2. The second-order valence-corrected chi connectivity index (χ2v) is 12.9. The minimum absolute atomic E-state index is 0.163. The SMILES string of the molecule is CCOC(=O)CCCN=C(N)c1[nH]c2cc(-c3ccccc3)oc2c1S.CCOC(=O)CCCNc1nsc2c1[nH]c1cc(-c3ccccc3)oc12.OO. The van der Waals surface area contributed by atoms with Crippen molar-refractivity contribution in [3.63, 3.8) is 0 Å². The quantitative estimate of drug-likeness (QED) is 0.0106. The summed E-state index contributed by atoms with van der Waals surface area (Å²) in [5, 5.41) is 15.3. The van der Waals surface area contributed by atoms with Gasteiger partial charge in [-0.2, -0.15) is 4.37 Å². The number of H-pyrrole nitrogens is 2. The molecule has 7 rings (SSSR count). The number of ether oxygens (including phenoxy) is 2. The Morgan fingerprint density at radius 1 is 0.870 bits per heavy atom. The van der Waals surface area contributed by atoms with Gasteiger partial charge in [0.2, 0.25) is 0 Å². The average molecular weight is 775 g/mol. The number of rotatable bonds is 14. The molecule has 0 aliphatic rings. The largest absolute Gasteiger partial charge is 0.466 e. The predicted octanol–water partition coefficient (Wildman–Crippen LogP) is 8.58. The molecule has 5 heterocycles. The van der Waals surface area contributed by atoms with Crippen molar-refractivity contribution >= 4 is 80.2 Å². The molecule has 0 fully saturated rings. The molecule has 0 saturated carbocycles. The molecule has 0 amide bonds. The van der Waals surface area contributed by atoms with Gasteiger partial charge in [0.15, 0.2) is 17.0 Å². The number of hydrogen-bond acceptors (Lipinski definition) is 13. The van der Waals surface area contributed by atoms with Crippen LogP contribution in [-0.2, 0) is 19.1 Å². The van der Waals surface area contributed by atoms with Crippen LogP contribution in [0.3, 0.4) is 0 Å². The van der Waals surface area contributed by atoms with Gasteiger partial charge in [-0.05, 0) is 38.2 Å². The number of anilines is 1. The molecule has 14 nitrogen and oxygen atoms in total. The summed E-state index contributed by atoms with van der Waals surface area (Å²) < 4.78 is 27.2. The Kier molecular flexibility index (Phi) is 14.3. The minimum Gasteiger partial charge on any atom is -0.466 e. The van der Waals surface area contributed by atoms with E-state index < -0.39 is 0 Å². The maximum Gasteiger partial charge on any atom is 0.305 e. The first-order valence-corrected chi connectivity index (χ1v) is 18.5. The Labute approximate surface area is 319 Å². The average Bonchev–Trinajstić information content (AvgIpc) is 4.01. The molecular weight excluding hydrogens is 733 g/mol. The van der Waals surface area contributed by atoms with Gasteiger partial charge in [0, 0.05) is 49.2 Å². The van der Waals surface area contributed by atoms with Gasteiger partial charge in [-0.15, -0.1) is 12.6 Å². The van der Waals surface area contributed by atoms with E-state index in [1.807, 2.05) is 79.7 Å². The molecule has 0 saturated heterocycles. The first kappa shape index (κ1) is 39.7. The number of fused-ring (bicyclic) bond motifs is 4. The van der Waals surface area contributed by atoms with Crippen molar-refractivity contribution in [2.24, 2.45) is 10.7 Å². The molecule has 0 aliphatic heterocycles. The molecule has 0 atom stereocenters. The van der Waals surface area contributed by atoms with E-state index in [0.29, 0.717) is 74.0 Å². The molecule has 54 heavy (non-hydrogen) atoms. The second-order valence-electron chi connectivity index (χ2n) is 11.7. The molecule has 7 aromatic rings. The highest BCUT2D eigenvalue weighted by Gasteiger charge is 2.18. The third kappa shape index (κ3) is 9.70. The van der Waals surface area contributed by atoms with Gasteiger partial charge in [-0.3, -0.25) is 25.1 Å².